The summed E-state index contributed by atoms with van der Waals surface area (Å²) in [5.74, 6) is -0.703. The maximum absolute atomic E-state index is 12.4. The van der Waals surface area contributed by atoms with Gasteiger partial charge < -0.3 is 15.4 Å². The van der Waals surface area contributed by atoms with Crippen molar-refractivity contribution in [1.82, 2.24) is 10.6 Å². The summed E-state index contributed by atoms with van der Waals surface area (Å²) < 4.78 is 41.9. The van der Waals surface area contributed by atoms with Crippen LogP contribution < -0.4 is 10.6 Å². The number of ether oxygens (including phenoxy) is 1. The molecule has 122 valence electrons. The summed E-state index contributed by atoms with van der Waals surface area (Å²) >= 11 is 0. The first-order valence-corrected chi connectivity index (χ1v) is 6.55. The van der Waals surface area contributed by atoms with Crippen molar-refractivity contribution in [3.05, 3.63) is 35.4 Å². The molecule has 8 heteroatoms. The van der Waals surface area contributed by atoms with Gasteiger partial charge in [0.2, 0.25) is 5.91 Å². The van der Waals surface area contributed by atoms with E-state index in [0.29, 0.717) is 6.61 Å². The van der Waals surface area contributed by atoms with Crippen LogP contribution in [0.5, 0.6) is 0 Å². The Morgan fingerprint density at radius 2 is 1.68 bits per heavy atom. The maximum Gasteiger partial charge on any atom is 0.416 e. The minimum Gasteiger partial charge on any atom is -0.384 e. The predicted molar refractivity (Wildman–Crippen MR) is 73.3 cm³/mol. The van der Waals surface area contributed by atoms with Gasteiger partial charge in [-0.25, -0.2) is 0 Å². The number of halogens is 3. The molecule has 0 aliphatic rings. The van der Waals surface area contributed by atoms with Crippen molar-refractivity contribution in [2.24, 2.45) is 0 Å². The molecule has 0 saturated heterocycles. The van der Waals surface area contributed by atoms with E-state index in [-0.39, 0.29) is 31.0 Å². The number of nitrogens with one attached hydrogen (secondary N) is 2. The van der Waals surface area contributed by atoms with Crippen molar-refractivity contribution in [3.8, 4) is 0 Å². The van der Waals surface area contributed by atoms with Crippen LogP contribution >= 0.6 is 0 Å². The first-order valence-electron chi connectivity index (χ1n) is 6.55. The van der Waals surface area contributed by atoms with Crippen molar-refractivity contribution in [2.45, 2.75) is 12.6 Å². The van der Waals surface area contributed by atoms with Crippen LogP contribution in [0.1, 0.15) is 22.3 Å². The standard InChI is InChI=1S/C14H17F3N2O3/c1-22-9-6-12(20)18-7-8-19-13(21)10-2-4-11(5-3-10)14(15,16)17/h2-5H,6-9H2,1H3,(H,18,20)(H,19,21). The van der Waals surface area contributed by atoms with Crippen LogP contribution in [0.15, 0.2) is 24.3 Å². The summed E-state index contributed by atoms with van der Waals surface area (Å²) in [6, 6.07) is 3.91. The normalized spacial score (nSPS) is 11.1. The average molecular weight is 318 g/mol. The van der Waals surface area contributed by atoms with Gasteiger partial charge in [0.05, 0.1) is 12.2 Å². The van der Waals surface area contributed by atoms with Crippen molar-refractivity contribution in [1.29, 1.82) is 0 Å². The lowest BCUT2D eigenvalue weighted by atomic mass is 10.1. The van der Waals surface area contributed by atoms with Crippen molar-refractivity contribution in [3.63, 3.8) is 0 Å². The number of carbonyl (C=O) groups excluding carboxylic acids is 2. The summed E-state index contributed by atoms with van der Waals surface area (Å²) in [6.45, 7) is 0.719. The molecule has 0 bridgehead atoms. The summed E-state index contributed by atoms with van der Waals surface area (Å²) in [6.07, 6.45) is -4.20. The topological polar surface area (TPSA) is 67.4 Å². The van der Waals surface area contributed by atoms with Crippen LogP contribution in [0, 0.1) is 0 Å². The number of hydrogen-bond donors (Lipinski definition) is 2. The average Bonchev–Trinajstić information content (AvgIpc) is 2.48. The third-order valence-corrected chi connectivity index (χ3v) is 2.74. The number of rotatable bonds is 7. The highest BCUT2D eigenvalue weighted by Gasteiger charge is 2.30. The number of benzene rings is 1. The number of amides is 2. The first kappa shape index (κ1) is 18.0. The van der Waals surface area contributed by atoms with Gasteiger partial charge in [-0.2, -0.15) is 13.2 Å². The molecule has 0 saturated carbocycles. The summed E-state index contributed by atoms with van der Waals surface area (Å²) in [5, 5.41) is 5.07. The zero-order valence-electron chi connectivity index (χ0n) is 12.0. The van der Waals surface area contributed by atoms with Crippen molar-refractivity contribution < 1.29 is 27.5 Å². The Labute approximate surface area is 125 Å². The minimum absolute atomic E-state index is 0.124. The monoisotopic (exact) mass is 318 g/mol. The molecule has 1 aromatic carbocycles. The van der Waals surface area contributed by atoms with Gasteiger partial charge in [0.15, 0.2) is 0 Å². The summed E-state index contributed by atoms with van der Waals surface area (Å²) in [7, 11) is 1.48. The molecule has 0 spiro atoms. The van der Waals surface area contributed by atoms with E-state index in [9.17, 15) is 22.8 Å². The van der Waals surface area contributed by atoms with Gasteiger partial charge in [0.1, 0.15) is 0 Å². The third kappa shape index (κ3) is 6.13. The van der Waals surface area contributed by atoms with Crippen LogP contribution in [0.2, 0.25) is 0 Å². The third-order valence-electron chi connectivity index (χ3n) is 2.74. The molecule has 0 atom stereocenters. The summed E-state index contributed by atoms with van der Waals surface area (Å²) in [5.41, 5.74) is -0.687. The summed E-state index contributed by atoms with van der Waals surface area (Å²) in [4.78, 5) is 22.9. The molecule has 0 aliphatic carbocycles. The fourth-order valence-electron chi connectivity index (χ4n) is 1.57. The zero-order chi connectivity index (χ0) is 16.6. The highest BCUT2D eigenvalue weighted by Crippen LogP contribution is 2.28. The molecule has 2 amide bonds. The van der Waals surface area contributed by atoms with E-state index in [1.54, 1.807) is 0 Å². The maximum atomic E-state index is 12.4. The number of methoxy groups -OCH3 is 1. The molecule has 1 rings (SSSR count). The van der Waals surface area contributed by atoms with Gasteiger partial charge in [-0.1, -0.05) is 0 Å². The molecule has 0 aliphatic heterocycles. The van der Waals surface area contributed by atoms with Crippen LogP contribution in [-0.2, 0) is 15.7 Å². The van der Waals surface area contributed by atoms with E-state index in [4.69, 9.17) is 4.74 Å². The second kappa shape index (κ2) is 8.38. The van der Waals surface area contributed by atoms with E-state index in [1.165, 1.54) is 7.11 Å². The molecule has 0 fully saturated rings. The lowest BCUT2D eigenvalue weighted by molar-refractivity contribution is -0.137. The van der Waals surface area contributed by atoms with Gasteiger partial charge in [-0.15, -0.1) is 0 Å². The molecular formula is C14H17F3N2O3. The van der Waals surface area contributed by atoms with Gasteiger partial charge in [0, 0.05) is 32.2 Å². The Balaban J connectivity index is 2.35. The van der Waals surface area contributed by atoms with Crippen LogP contribution in [0.3, 0.4) is 0 Å². The fraction of sp³-hybridized carbons (Fsp3) is 0.429. The van der Waals surface area contributed by atoms with Crippen LogP contribution in [0.25, 0.3) is 0 Å². The van der Waals surface area contributed by atoms with E-state index in [2.05, 4.69) is 10.6 Å². The zero-order valence-corrected chi connectivity index (χ0v) is 12.0. The Morgan fingerprint density at radius 1 is 1.09 bits per heavy atom. The van der Waals surface area contributed by atoms with E-state index >= 15 is 0 Å². The highest BCUT2D eigenvalue weighted by atomic mass is 19.4. The lowest BCUT2D eigenvalue weighted by Crippen LogP contribution is -2.35. The SMILES string of the molecule is COCCC(=O)NCCNC(=O)c1ccc(C(F)(F)F)cc1. The van der Waals surface area contributed by atoms with Crippen LogP contribution in [0.4, 0.5) is 13.2 Å². The molecular weight excluding hydrogens is 301 g/mol. The van der Waals surface area contributed by atoms with Crippen molar-refractivity contribution in [2.75, 3.05) is 26.8 Å². The number of carbonyl (C=O) groups is 2. The van der Waals surface area contributed by atoms with Crippen LogP contribution in [-0.4, -0.2) is 38.6 Å². The second-order valence-electron chi connectivity index (χ2n) is 4.42. The molecule has 2 N–H and O–H groups in total. The van der Waals surface area contributed by atoms with Gasteiger partial charge in [-0.05, 0) is 24.3 Å². The molecule has 0 heterocycles. The Hall–Kier alpha value is -2.09. The smallest absolute Gasteiger partial charge is 0.384 e. The van der Waals surface area contributed by atoms with Gasteiger partial charge >= 0.3 is 6.18 Å². The molecule has 5 nitrogen and oxygen atoms in total. The van der Waals surface area contributed by atoms with E-state index in [1.807, 2.05) is 0 Å². The van der Waals surface area contributed by atoms with Gasteiger partial charge in [-0.3, -0.25) is 9.59 Å². The Morgan fingerprint density at radius 3 is 2.23 bits per heavy atom. The second-order valence-corrected chi connectivity index (χ2v) is 4.42. The lowest BCUT2D eigenvalue weighted by Gasteiger charge is -2.09. The molecule has 0 aromatic heterocycles. The van der Waals surface area contributed by atoms with E-state index in [0.717, 1.165) is 24.3 Å². The predicted octanol–water partition coefficient (Wildman–Crippen LogP) is 1.59. The number of hydrogen-bond acceptors (Lipinski definition) is 3. The number of alkyl halides is 3. The van der Waals surface area contributed by atoms with Crippen molar-refractivity contribution >= 4 is 11.8 Å². The largest absolute Gasteiger partial charge is 0.416 e. The highest BCUT2D eigenvalue weighted by molar-refractivity contribution is 5.94. The Kier molecular flexibility index (Phi) is 6.84. The molecule has 22 heavy (non-hydrogen) atoms. The minimum atomic E-state index is -4.43. The quantitative estimate of drug-likeness (QED) is 0.750. The molecule has 1 aromatic rings. The molecule has 0 radical (unpaired) electrons. The first-order chi connectivity index (χ1) is 10.3. The molecule has 0 unspecified atom stereocenters. The van der Waals surface area contributed by atoms with Gasteiger partial charge in [0.25, 0.3) is 5.91 Å². The Bertz CT molecular complexity index is 501. The fourth-order valence-corrected chi connectivity index (χ4v) is 1.57. The van der Waals surface area contributed by atoms with E-state index < -0.39 is 17.6 Å².